The lowest BCUT2D eigenvalue weighted by molar-refractivity contribution is -0.125. The standard InChI is InChI=1S/C30H48N4O9/c1-30(2,3)43-29(39)33-14-9-17-41-19-21-42-20-18-40-16-8-13-32-25-11-6-10-23(24(25)22-36)28(38)34(5)26(12-7-15-35)27(37)31-4/h6,10-11,15,22,26,32H,7-9,12-14,16-21H2,1-5H3,(H,31,37)(H,33,39). The summed E-state index contributed by atoms with van der Waals surface area (Å²) < 4.78 is 21.7. The molecule has 0 bridgehead atoms. The third-order valence-corrected chi connectivity index (χ3v) is 6.01. The molecular weight excluding hydrogens is 560 g/mol. The summed E-state index contributed by atoms with van der Waals surface area (Å²) in [6.07, 6.45) is 2.49. The van der Waals surface area contributed by atoms with Crippen molar-refractivity contribution in [3.8, 4) is 0 Å². The maximum atomic E-state index is 13.2. The number of alkyl carbamates (subject to hydrolysis) is 1. The molecule has 1 aromatic carbocycles. The summed E-state index contributed by atoms with van der Waals surface area (Å²) in [7, 11) is 2.94. The van der Waals surface area contributed by atoms with Gasteiger partial charge in [0.15, 0.2) is 6.29 Å². The van der Waals surface area contributed by atoms with Crippen molar-refractivity contribution < 1.29 is 42.9 Å². The van der Waals surface area contributed by atoms with Crippen molar-refractivity contribution in [1.82, 2.24) is 15.5 Å². The van der Waals surface area contributed by atoms with Crippen molar-refractivity contribution in [2.75, 3.05) is 72.1 Å². The van der Waals surface area contributed by atoms with Gasteiger partial charge in [-0.3, -0.25) is 14.4 Å². The number of anilines is 1. The Bertz CT molecular complexity index is 1010. The Balaban J connectivity index is 2.28. The predicted molar refractivity (Wildman–Crippen MR) is 161 cm³/mol. The number of benzene rings is 1. The van der Waals surface area contributed by atoms with Crippen LogP contribution in [0.2, 0.25) is 0 Å². The van der Waals surface area contributed by atoms with Gasteiger partial charge in [0.25, 0.3) is 5.91 Å². The Morgan fingerprint density at radius 1 is 0.930 bits per heavy atom. The van der Waals surface area contributed by atoms with Crippen LogP contribution in [0.4, 0.5) is 10.5 Å². The summed E-state index contributed by atoms with van der Waals surface area (Å²) in [5.41, 5.74) is 0.343. The van der Waals surface area contributed by atoms with E-state index < -0.39 is 23.6 Å². The maximum Gasteiger partial charge on any atom is 0.407 e. The first-order valence-corrected chi connectivity index (χ1v) is 14.5. The molecule has 13 heteroatoms. The number of aldehydes is 2. The molecule has 0 saturated carbocycles. The number of rotatable bonds is 22. The number of amides is 3. The van der Waals surface area contributed by atoms with Crippen molar-refractivity contribution in [1.29, 1.82) is 0 Å². The maximum absolute atomic E-state index is 13.2. The molecule has 3 N–H and O–H groups in total. The molecule has 1 unspecified atom stereocenters. The molecule has 0 heterocycles. The minimum Gasteiger partial charge on any atom is -0.444 e. The van der Waals surface area contributed by atoms with Crippen molar-refractivity contribution in [2.24, 2.45) is 0 Å². The molecule has 0 saturated heterocycles. The lowest BCUT2D eigenvalue weighted by Crippen LogP contribution is -2.47. The highest BCUT2D eigenvalue weighted by Gasteiger charge is 2.28. The van der Waals surface area contributed by atoms with Crippen LogP contribution in [0.25, 0.3) is 0 Å². The first-order valence-electron chi connectivity index (χ1n) is 14.5. The van der Waals surface area contributed by atoms with E-state index in [4.69, 9.17) is 18.9 Å². The summed E-state index contributed by atoms with van der Waals surface area (Å²) in [5, 5.41) is 8.35. The van der Waals surface area contributed by atoms with Gasteiger partial charge in [-0.15, -0.1) is 0 Å². The fraction of sp³-hybridized carbons (Fsp3) is 0.633. The van der Waals surface area contributed by atoms with Gasteiger partial charge in [-0.25, -0.2) is 4.79 Å². The fourth-order valence-corrected chi connectivity index (χ4v) is 3.88. The third-order valence-electron chi connectivity index (χ3n) is 6.01. The highest BCUT2D eigenvalue weighted by atomic mass is 16.6. The lowest BCUT2D eigenvalue weighted by atomic mass is 10.0. The average Bonchev–Trinajstić information content (AvgIpc) is 2.97. The van der Waals surface area contributed by atoms with Gasteiger partial charge in [-0.05, 0) is 52.2 Å². The molecule has 43 heavy (non-hydrogen) atoms. The first-order chi connectivity index (χ1) is 20.6. The van der Waals surface area contributed by atoms with Crippen LogP contribution in [0.3, 0.4) is 0 Å². The second kappa shape index (κ2) is 21.2. The van der Waals surface area contributed by atoms with Gasteiger partial charge in [-0.1, -0.05) is 6.07 Å². The van der Waals surface area contributed by atoms with E-state index in [9.17, 15) is 24.0 Å². The molecule has 0 aliphatic carbocycles. The van der Waals surface area contributed by atoms with Gasteiger partial charge in [0.2, 0.25) is 5.91 Å². The first kappa shape index (κ1) is 37.5. The zero-order valence-electron chi connectivity index (χ0n) is 26.1. The van der Waals surface area contributed by atoms with Crippen molar-refractivity contribution in [3.63, 3.8) is 0 Å². The number of carbonyl (C=O) groups is 5. The van der Waals surface area contributed by atoms with Gasteiger partial charge in [0.05, 0.1) is 37.6 Å². The van der Waals surface area contributed by atoms with Crippen LogP contribution in [0.15, 0.2) is 18.2 Å². The van der Waals surface area contributed by atoms with Crippen molar-refractivity contribution in [3.05, 3.63) is 29.3 Å². The molecular formula is C30H48N4O9. The van der Waals surface area contributed by atoms with E-state index >= 15 is 0 Å². The van der Waals surface area contributed by atoms with Gasteiger partial charge in [0.1, 0.15) is 17.9 Å². The number of hydrogen-bond donors (Lipinski definition) is 3. The molecule has 1 aromatic rings. The largest absolute Gasteiger partial charge is 0.444 e. The van der Waals surface area contributed by atoms with Gasteiger partial charge in [0, 0.05) is 52.5 Å². The molecule has 0 radical (unpaired) electrons. The Labute approximate surface area is 254 Å². The second-order valence-corrected chi connectivity index (χ2v) is 10.6. The zero-order chi connectivity index (χ0) is 32.1. The monoisotopic (exact) mass is 608 g/mol. The highest BCUT2D eigenvalue weighted by Crippen LogP contribution is 2.21. The average molecular weight is 609 g/mol. The fourth-order valence-electron chi connectivity index (χ4n) is 3.88. The van der Waals surface area contributed by atoms with E-state index in [0.717, 1.165) is 0 Å². The number of nitrogens with zero attached hydrogens (tertiary/aromatic N) is 1. The topological polar surface area (TPSA) is 162 Å². The van der Waals surface area contributed by atoms with Crippen LogP contribution >= 0.6 is 0 Å². The zero-order valence-corrected chi connectivity index (χ0v) is 26.1. The number of carbonyl (C=O) groups excluding carboxylic acids is 5. The van der Waals surface area contributed by atoms with Crippen LogP contribution in [0.5, 0.6) is 0 Å². The van der Waals surface area contributed by atoms with E-state index in [1.165, 1.54) is 25.1 Å². The molecule has 0 spiro atoms. The second-order valence-electron chi connectivity index (χ2n) is 10.6. The van der Waals surface area contributed by atoms with Gasteiger partial charge in [-0.2, -0.15) is 0 Å². The number of likely N-dealkylation sites (N-methyl/N-ethyl adjacent to an activating group) is 2. The minimum atomic E-state index is -0.840. The van der Waals surface area contributed by atoms with Gasteiger partial charge < -0.3 is 44.6 Å². The predicted octanol–water partition coefficient (Wildman–Crippen LogP) is 2.43. The Morgan fingerprint density at radius 3 is 2.09 bits per heavy atom. The summed E-state index contributed by atoms with van der Waals surface area (Å²) in [6, 6.07) is 4.06. The van der Waals surface area contributed by atoms with E-state index in [2.05, 4.69) is 16.0 Å². The molecule has 242 valence electrons. The van der Waals surface area contributed by atoms with Crippen molar-refractivity contribution >= 4 is 36.2 Å². The summed E-state index contributed by atoms with van der Waals surface area (Å²) in [4.78, 5) is 61.0. The molecule has 1 rings (SSSR count). The molecule has 0 aliphatic rings. The molecule has 1 atom stereocenters. The Hall–Kier alpha value is -3.55. The van der Waals surface area contributed by atoms with Crippen LogP contribution < -0.4 is 16.0 Å². The molecule has 0 fully saturated rings. The Kier molecular flexibility index (Phi) is 18.5. The van der Waals surface area contributed by atoms with E-state index in [-0.39, 0.29) is 29.9 Å². The minimum absolute atomic E-state index is 0.123. The van der Waals surface area contributed by atoms with E-state index in [1.807, 2.05) is 20.8 Å². The SMILES string of the molecule is CNC(=O)C(CCC=O)N(C)C(=O)c1cccc(NCCCOCCOCCOCCCNC(=O)OC(C)(C)C)c1C=O. The normalized spacial score (nSPS) is 11.7. The Morgan fingerprint density at radius 2 is 1.53 bits per heavy atom. The van der Waals surface area contributed by atoms with Gasteiger partial charge >= 0.3 is 6.09 Å². The molecule has 13 nitrogen and oxygen atoms in total. The number of nitrogens with one attached hydrogen (secondary N) is 3. The van der Waals surface area contributed by atoms with Crippen LogP contribution in [0, 0.1) is 0 Å². The third kappa shape index (κ3) is 15.5. The van der Waals surface area contributed by atoms with Crippen LogP contribution in [-0.4, -0.2) is 114 Å². The summed E-state index contributed by atoms with van der Waals surface area (Å²) >= 11 is 0. The summed E-state index contributed by atoms with van der Waals surface area (Å²) in [5.74, 6) is -0.880. The van der Waals surface area contributed by atoms with Crippen LogP contribution in [-0.2, 0) is 28.5 Å². The smallest absolute Gasteiger partial charge is 0.407 e. The number of hydrogen-bond acceptors (Lipinski definition) is 10. The van der Waals surface area contributed by atoms with Crippen molar-refractivity contribution in [2.45, 2.75) is 58.1 Å². The van der Waals surface area contributed by atoms with E-state index in [1.54, 1.807) is 12.1 Å². The highest BCUT2D eigenvalue weighted by molar-refractivity contribution is 6.05. The quantitative estimate of drug-likeness (QED) is 0.132. The summed E-state index contributed by atoms with van der Waals surface area (Å²) in [6.45, 7) is 9.11. The number of ether oxygens (including phenoxy) is 4. The van der Waals surface area contributed by atoms with E-state index in [0.29, 0.717) is 83.8 Å². The molecule has 0 aromatic heterocycles. The van der Waals surface area contributed by atoms with Crippen LogP contribution in [0.1, 0.15) is 67.2 Å². The lowest BCUT2D eigenvalue weighted by Gasteiger charge is -2.27. The molecule has 3 amide bonds. The molecule has 0 aliphatic heterocycles.